The van der Waals surface area contributed by atoms with E-state index >= 15 is 0 Å². The van der Waals surface area contributed by atoms with Crippen molar-refractivity contribution in [2.75, 3.05) is 9.80 Å². The monoisotopic (exact) mass is 1030 g/mol. The topological polar surface area (TPSA) is 83.8 Å². The quantitative estimate of drug-likeness (QED) is 0.141. The van der Waals surface area contributed by atoms with Gasteiger partial charge in [0.2, 0.25) is 0 Å². The number of anilines is 6. The number of benzene rings is 10. The lowest BCUT2D eigenvalue weighted by Gasteiger charge is -2.43. The molecule has 0 spiro atoms. The van der Waals surface area contributed by atoms with Crippen molar-refractivity contribution in [3.63, 3.8) is 0 Å². The van der Waals surface area contributed by atoms with E-state index in [1.807, 2.05) is 121 Å². The van der Waals surface area contributed by atoms with Crippen molar-refractivity contribution in [1.82, 2.24) is 29.9 Å². The number of hydrogen-bond acceptors (Lipinski definition) is 8. The summed E-state index contributed by atoms with van der Waals surface area (Å²) in [6, 6.07) is 89.5. The molecule has 10 aromatic carbocycles. The highest BCUT2D eigenvalue weighted by Crippen LogP contribution is 2.55. The Morgan fingerprint density at radius 2 is 0.463 bits per heavy atom. The average molecular weight is 1030 g/mol. The first-order chi connectivity index (χ1) is 39.2. The Balaban J connectivity index is 0.857. The number of nitrogens with zero attached hydrogens (tertiary/aromatic N) is 8. The number of hydrogen-bond donors (Lipinski definition) is 0. The van der Waals surface area contributed by atoms with Gasteiger partial charge in [-0.3, -0.25) is 0 Å². The fourth-order valence-corrected chi connectivity index (χ4v) is 11.7. The normalized spacial score (nSPS) is 13.7. The van der Waals surface area contributed by atoms with Gasteiger partial charge in [-0.2, -0.15) is 0 Å². The molecule has 8 heteroatoms. The third-order valence-electron chi connectivity index (χ3n) is 16.0. The Kier molecular flexibility index (Phi) is 11.7. The number of para-hydroxylation sites is 2. The number of aromatic nitrogens is 6. The van der Waals surface area contributed by atoms with Crippen molar-refractivity contribution in [1.29, 1.82) is 0 Å². The van der Waals surface area contributed by atoms with Crippen LogP contribution in [0.5, 0.6) is 0 Å². The van der Waals surface area contributed by atoms with Gasteiger partial charge in [0.25, 0.3) is 0 Å². The molecule has 12 aromatic rings. The minimum Gasteiger partial charge on any atom is -0.310 e. The molecule has 0 radical (unpaired) electrons. The van der Waals surface area contributed by atoms with Crippen LogP contribution in [0, 0.1) is 0 Å². The molecular weight excluding hydrogens is 977 g/mol. The highest BCUT2D eigenvalue weighted by Gasteiger charge is 2.39. The van der Waals surface area contributed by atoms with Crippen molar-refractivity contribution in [2.45, 2.75) is 38.5 Å². The third-order valence-corrected chi connectivity index (χ3v) is 16.0. The van der Waals surface area contributed by atoms with E-state index in [0.717, 1.165) is 78.6 Å². The van der Waals surface area contributed by atoms with Crippen LogP contribution in [0.1, 0.15) is 49.9 Å². The Morgan fingerprint density at radius 1 is 0.225 bits per heavy atom. The second-order valence-corrected chi connectivity index (χ2v) is 21.6. The summed E-state index contributed by atoms with van der Waals surface area (Å²) in [7, 11) is 0. The van der Waals surface area contributed by atoms with E-state index < -0.39 is 0 Å². The van der Waals surface area contributed by atoms with Gasteiger partial charge in [0.05, 0.1) is 22.7 Å². The van der Waals surface area contributed by atoms with E-state index in [1.54, 1.807) is 0 Å². The highest BCUT2D eigenvalue weighted by atomic mass is 15.2. The minimum absolute atomic E-state index is 0.270. The van der Waals surface area contributed by atoms with Gasteiger partial charge in [-0.15, -0.1) is 0 Å². The van der Waals surface area contributed by atoms with Gasteiger partial charge in [0, 0.05) is 55.6 Å². The summed E-state index contributed by atoms with van der Waals surface area (Å²) in [6.45, 7) is 9.36. The van der Waals surface area contributed by atoms with Crippen LogP contribution in [0.3, 0.4) is 0 Å². The van der Waals surface area contributed by atoms with Gasteiger partial charge < -0.3 is 9.80 Å². The standard InChI is InChI=1S/C72H54N8/c1-71(2)57-29-17-19-31-61(57)79(55-39-33-51(34-40-55)69-75-65(47-21-9-5-10-22-47)73-66(76-69)48-23-11-6-12-24-48)63-45-53(37-43-59(63)71)54-38-44-60-64(46-54)80(62-32-20-18-30-58(62)72(60,3)4)56-41-35-52(36-42-56)70-77-67(49-25-13-7-14-26-49)74-68(78-70)50-27-15-8-16-28-50/h5-46H,1-4H3. The van der Waals surface area contributed by atoms with Crippen LogP contribution in [0.15, 0.2) is 255 Å². The summed E-state index contributed by atoms with van der Waals surface area (Å²) in [6.07, 6.45) is 0. The van der Waals surface area contributed by atoms with Gasteiger partial charge in [0.1, 0.15) is 0 Å². The smallest absolute Gasteiger partial charge is 0.164 e. The van der Waals surface area contributed by atoms with E-state index in [2.05, 4.69) is 171 Å². The molecule has 0 fully saturated rings. The molecule has 2 aliphatic rings. The molecule has 0 unspecified atom stereocenters. The number of rotatable bonds is 9. The predicted octanol–water partition coefficient (Wildman–Crippen LogP) is 17.9. The van der Waals surface area contributed by atoms with Crippen molar-refractivity contribution >= 4 is 34.1 Å². The first kappa shape index (κ1) is 48.2. The lowest BCUT2D eigenvalue weighted by molar-refractivity contribution is 0.631. The maximum absolute atomic E-state index is 5.05. The summed E-state index contributed by atoms with van der Waals surface area (Å²) >= 11 is 0. The van der Waals surface area contributed by atoms with Crippen molar-refractivity contribution < 1.29 is 0 Å². The van der Waals surface area contributed by atoms with E-state index in [4.69, 9.17) is 29.9 Å². The second-order valence-electron chi connectivity index (χ2n) is 21.6. The van der Waals surface area contributed by atoms with Crippen LogP contribution in [-0.4, -0.2) is 29.9 Å². The van der Waals surface area contributed by atoms with E-state index in [1.165, 1.54) is 22.3 Å². The van der Waals surface area contributed by atoms with E-state index in [9.17, 15) is 0 Å². The molecule has 80 heavy (non-hydrogen) atoms. The molecule has 8 nitrogen and oxygen atoms in total. The zero-order valence-electron chi connectivity index (χ0n) is 44.8. The summed E-state index contributed by atoms with van der Waals surface area (Å²) in [5.74, 6) is 3.77. The van der Waals surface area contributed by atoms with Crippen molar-refractivity contribution in [3.05, 3.63) is 277 Å². The van der Waals surface area contributed by atoms with Crippen LogP contribution < -0.4 is 9.80 Å². The van der Waals surface area contributed by atoms with E-state index in [-0.39, 0.29) is 10.8 Å². The maximum atomic E-state index is 5.05. The van der Waals surface area contributed by atoms with Crippen molar-refractivity contribution in [2.24, 2.45) is 0 Å². The Bertz CT molecular complexity index is 3880. The van der Waals surface area contributed by atoms with Crippen LogP contribution >= 0.6 is 0 Å². The van der Waals surface area contributed by atoms with Gasteiger partial charge in [-0.25, -0.2) is 29.9 Å². The molecular formula is C72H54N8. The maximum Gasteiger partial charge on any atom is 0.164 e. The van der Waals surface area contributed by atoms with Crippen LogP contribution in [0.4, 0.5) is 34.1 Å². The third kappa shape index (κ3) is 8.40. The van der Waals surface area contributed by atoms with Gasteiger partial charge in [0.15, 0.2) is 34.9 Å². The minimum atomic E-state index is -0.270. The van der Waals surface area contributed by atoms with Crippen molar-refractivity contribution in [3.8, 4) is 79.5 Å². The zero-order chi connectivity index (χ0) is 54.0. The fourth-order valence-electron chi connectivity index (χ4n) is 11.7. The molecule has 0 saturated carbocycles. The molecule has 0 bridgehead atoms. The summed E-state index contributed by atoms with van der Waals surface area (Å²) in [5.41, 5.74) is 19.0. The zero-order valence-corrected chi connectivity index (χ0v) is 44.8. The Labute approximate surface area is 466 Å². The van der Waals surface area contributed by atoms with E-state index in [0.29, 0.717) is 34.9 Å². The molecule has 0 atom stereocenters. The fraction of sp³-hybridized carbons (Fsp3) is 0.0833. The lowest BCUT2D eigenvalue weighted by atomic mass is 9.72. The second kappa shape index (κ2) is 19.4. The Morgan fingerprint density at radius 3 is 0.762 bits per heavy atom. The van der Waals surface area contributed by atoms with Gasteiger partial charge in [-0.1, -0.05) is 210 Å². The molecule has 14 rings (SSSR count). The number of fused-ring (bicyclic) bond motifs is 4. The highest BCUT2D eigenvalue weighted by molar-refractivity contribution is 5.92. The summed E-state index contributed by atoms with van der Waals surface area (Å²) < 4.78 is 0. The molecule has 0 N–H and O–H groups in total. The molecule has 0 saturated heterocycles. The van der Waals surface area contributed by atoms with Crippen LogP contribution in [0.2, 0.25) is 0 Å². The average Bonchev–Trinajstić information content (AvgIpc) is 3.63. The molecule has 382 valence electrons. The van der Waals surface area contributed by atoms with Crippen LogP contribution in [-0.2, 0) is 10.8 Å². The largest absolute Gasteiger partial charge is 0.310 e. The molecule has 4 heterocycles. The van der Waals surface area contributed by atoms with Gasteiger partial charge in [-0.05, 0) is 106 Å². The molecule has 0 aliphatic carbocycles. The molecule has 2 aromatic heterocycles. The summed E-state index contributed by atoms with van der Waals surface area (Å²) in [5, 5.41) is 0. The molecule has 2 aliphatic heterocycles. The lowest BCUT2D eigenvalue weighted by Crippen LogP contribution is -2.31. The SMILES string of the molecule is CC1(C)c2ccccc2N(c2ccc(-c3nc(-c4ccccc4)nc(-c4ccccc4)n3)cc2)c2cc(-c3ccc4c(c3)N(c3ccc(-c5nc(-c6ccccc6)nc(-c6ccccc6)n5)cc3)c3ccccc3C4(C)C)ccc21. The first-order valence-corrected chi connectivity index (χ1v) is 27.2. The van der Waals surface area contributed by atoms with Gasteiger partial charge >= 0.3 is 0 Å². The summed E-state index contributed by atoms with van der Waals surface area (Å²) in [4.78, 5) is 34.9. The first-order valence-electron chi connectivity index (χ1n) is 27.2. The van der Waals surface area contributed by atoms with Crippen LogP contribution in [0.25, 0.3) is 79.5 Å². The molecule has 0 amide bonds. The predicted molar refractivity (Wildman–Crippen MR) is 325 cm³/mol. The Hall–Kier alpha value is -10.2.